The number of halogens is 2. The van der Waals surface area contributed by atoms with E-state index in [1.165, 1.54) is 25.4 Å². The zero-order valence-electron chi connectivity index (χ0n) is 13.0. The Hall–Kier alpha value is -2.77. The van der Waals surface area contributed by atoms with Gasteiger partial charge in [-0.2, -0.15) is 0 Å². The molecule has 1 unspecified atom stereocenters. The number of amides is 1. The SMILES string of the molecule is Cc1ccc(F)c(C(=O)NC2CCN(c3cc(=O)[nH]cn3)C2)c1F. The maximum atomic E-state index is 14.0. The van der Waals surface area contributed by atoms with Gasteiger partial charge in [-0.3, -0.25) is 9.59 Å². The first kappa shape index (κ1) is 16.1. The van der Waals surface area contributed by atoms with Gasteiger partial charge in [-0.05, 0) is 25.0 Å². The maximum absolute atomic E-state index is 14.0. The molecular weight excluding hydrogens is 318 g/mol. The number of benzene rings is 1. The highest BCUT2D eigenvalue weighted by Crippen LogP contribution is 2.19. The molecule has 2 heterocycles. The average molecular weight is 334 g/mol. The number of rotatable bonds is 3. The highest BCUT2D eigenvalue weighted by Gasteiger charge is 2.27. The molecule has 1 saturated heterocycles. The van der Waals surface area contributed by atoms with Crippen molar-refractivity contribution in [2.45, 2.75) is 19.4 Å². The number of aryl methyl sites for hydroxylation is 1. The molecule has 24 heavy (non-hydrogen) atoms. The summed E-state index contributed by atoms with van der Waals surface area (Å²) in [5, 5.41) is 2.64. The van der Waals surface area contributed by atoms with Crippen molar-refractivity contribution in [3.63, 3.8) is 0 Å². The number of carbonyl (C=O) groups is 1. The van der Waals surface area contributed by atoms with Gasteiger partial charge >= 0.3 is 0 Å². The first-order valence-corrected chi connectivity index (χ1v) is 7.51. The fraction of sp³-hybridized carbons (Fsp3) is 0.312. The maximum Gasteiger partial charge on any atom is 0.257 e. The van der Waals surface area contributed by atoms with Gasteiger partial charge in [0.2, 0.25) is 0 Å². The molecule has 1 aromatic heterocycles. The van der Waals surface area contributed by atoms with Crippen LogP contribution in [0.3, 0.4) is 0 Å². The summed E-state index contributed by atoms with van der Waals surface area (Å²) in [4.78, 5) is 31.9. The van der Waals surface area contributed by atoms with E-state index in [1.807, 2.05) is 4.90 Å². The molecule has 1 aliphatic heterocycles. The second-order valence-electron chi connectivity index (χ2n) is 5.73. The van der Waals surface area contributed by atoms with Crippen molar-refractivity contribution < 1.29 is 13.6 Å². The number of hydrogen-bond donors (Lipinski definition) is 2. The fourth-order valence-corrected chi connectivity index (χ4v) is 2.74. The van der Waals surface area contributed by atoms with Gasteiger partial charge in [0.25, 0.3) is 11.5 Å². The second-order valence-corrected chi connectivity index (χ2v) is 5.73. The first-order valence-electron chi connectivity index (χ1n) is 7.51. The van der Waals surface area contributed by atoms with Gasteiger partial charge in [0.1, 0.15) is 23.0 Å². The van der Waals surface area contributed by atoms with E-state index in [4.69, 9.17) is 0 Å². The Morgan fingerprint density at radius 1 is 1.42 bits per heavy atom. The van der Waals surface area contributed by atoms with Gasteiger partial charge in [0.15, 0.2) is 0 Å². The molecule has 0 spiro atoms. The lowest BCUT2D eigenvalue weighted by Gasteiger charge is -2.17. The van der Waals surface area contributed by atoms with Crippen molar-refractivity contribution in [2.24, 2.45) is 0 Å². The highest BCUT2D eigenvalue weighted by molar-refractivity contribution is 5.95. The van der Waals surface area contributed by atoms with Crippen LogP contribution >= 0.6 is 0 Å². The average Bonchev–Trinajstić information content (AvgIpc) is 3.00. The molecule has 0 saturated carbocycles. The molecule has 1 aromatic carbocycles. The van der Waals surface area contributed by atoms with E-state index in [2.05, 4.69) is 15.3 Å². The van der Waals surface area contributed by atoms with Crippen LogP contribution in [-0.2, 0) is 0 Å². The summed E-state index contributed by atoms with van der Waals surface area (Å²) in [6.07, 6.45) is 1.90. The predicted octanol–water partition coefficient (Wildman–Crippen LogP) is 1.37. The molecule has 6 nitrogen and oxygen atoms in total. The molecule has 8 heteroatoms. The minimum atomic E-state index is -0.887. The predicted molar refractivity (Wildman–Crippen MR) is 84.0 cm³/mol. The van der Waals surface area contributed by atoms with Crippen LogP contribution in [0.1, 0.15) is 22.3 Å². The summed E-state index contributed by atoms with van der Waals surface area (Å²) in [6, 6.07) is 3.45. The van der Waals surface area contributed by atoms with Crippen LogP contribution in [0.5, 0.6) is 0 Å². The number of nitrogens with one attached hydrogen (secondary N) is 2. The van der Waals surface area contributed by atoms with Gasteiger partial charge < -0.3 is 15.2 Å². The summed E-state index contributed by atoms with van der Waals surface area (Å²) in [7, 11) is 0. The largest absolute Gasteiger partial charge is 0.354 e. The van der Waals surface area contributed by atoms with Gasteiger partial charge in [-0.15, -0.1) is 0 Å². The van der Waals surface area contributed by atoms with E-state index in [0.29, 0.717) is 25.3 Å². The summed E-state index contributed by atoms with van der Waals surface area (Å²) < 4.78 is 27.8. The minimum Gasteiger partial charge on any atom is -0.354 e. The van der Waals surface area contributed by atoms with E-state index in [1.54, 1.807) is 0 Å². The van der Waals surface area contributed by atoms with Crippen molar-refractivity contribution in [3.05, 3.63) is 57.6 Å². The van der Waals surface area contributed by atoms with E-state index in [-0.39, 0.29) is 17.2 Å². The van der Waals surface area contributed by atoms with Crippen LogP contribution in [-0.4, -0.2) is 35.0 Å². The zero-order valence-corrected chi connectivity index (χ0v) is 13.0. The first-order chi connectivity index (χ1) is 11.5. The number of carbonyl (C=O) groups excluding carboxylic acids is 1. The van der Waals surface area contributed by atoms with Crippen molar-refractivity contribution in [1.29, 1.82) is 0 Å². The standard InChI is InChI=1S/C16H16F2N4O2/c1-9-2-3-11(17)14(15(9)18)16(24)21-10-4-5-22(7-10)12-6-13(23)20-8-19-12/h2-3,6,8,10H,4-5,7H2,1H3,(H,21,24)(H,19,20,23). The quantitative estimate of drug-likeness (QED) is 0.889. The van der Waals surface area contributed by atoms with E-state index in [9.17, 15) is 18.4 Å². The lowest BCUT2D eigenvalue weighted by atomic mass is 10.1. The fourth-order valence-electron chi connectivity index (χ4n) is 2.74. The van der Waals surface area contributed by atoms with Gasteiger partial charge in [0.05, 0.1) is 6.33 Å². The molecular formula is C16H16F2N4O2. The molecule has 1 fully saturated rings. The van der Waals surface area contributed by atoms with Crippen LogP contribution in [0.2, 0.25) is 0 Å². The lowest BCUT2D eigenvalue weighted by Crippen LogP contribution is -2.38. The van der Waals surface area contributed by atoms with Crippen molar-refractivity contribution in [1.82, 2.24) is 15.3 Å². The summed E-state index contributed by atoms with van der Waals surface area (Å²) >= 11 is 0. The number of aromatic amines is 1. The number of aromatic nitrogens is 2. The third-order valence-electron chi connectivity index (χ3n) is 4.02. The Bertz CT molecular complexity index is 837. The molecule has 2 N–H and O–H groups in total. The Balaban J connectivity index is 1.71. The third kappa shape index (κ3) is 3.12. The minimum absolute atomic E-state index is 0.210. The van der Waals surface area contributed by atoms with Crippen LogP contribution in [0.15, 0.2) is 29.3 Å². The van der Waals surface area contributed by atoms with Crippen LogP contribution in [0.4, 0.5) is 14.6 Å². The molecule has 3 rings (SSSR count). The van der Waals surface area contributed by atoms with E-state index >= 15 is 0 Å². The normalized spacial score (nSPS) is 17.1. The van der Waals surface area contributed by atoms with Crippen molar-refractivity contribution >= 4 is 11.7 Å². The molecule has 1 aliphatic rings. The van der Waals surface area contributed by atoms with E-state index < -0.39 is 23.1 Å². The number of nitrogens with zero attached hydrogens (tertiary/aromatic N) is 2. The molecule has 1 amide bonds. The topological polar surface area (TPSA) is 78.1 Å². The molecule has 0 aliphatic carbocycles. The zero-order chi connectivity index (χ0) is 17.3. The van der Waals surface area contributed by atoms with Gasteiger partial charge in [-0.25, -0.2) is 13.8 Å². The number of hydrogen-bond acceptors (Lipinski definition) is 4. The molecule has 1 atom stereocenters. The number of anilines is 1. The molecule has 0 bridgehead atoms. The summed E-state index contributed by atoms with van der Waals surface area (Å²) in [6.45, 7) is 2.47. The molecule has 2 aromatic rings. The van der Waals surface area contributed by atoms with Crippen LogP contribution in [0, 0.1) is 18.6 Å². The second kappa shape index (κ2) is 6.38. The molecule has 0 radical (unpaired) electrons. The Morgan fingerprint density at radius 3 is 2.96 bits per heavy atom. The van der Waals surface area contributed by atoms with E-state index in [0.717, 1.165) is 6.07 Å². The Labute approximate surface area is 136 Å². The van der Waals surface area contributed by atoms with Crippen molar-refractivity contribution in [2.75, 3.05) is 18.0 Å². The lowest BCUT2D eigenvalue weighted by molar-refractivity contribution is 0.0931. The van der Waals surface area contributed by atoms with Gasteiger partial charge in [0, 0.05) is 25.2 Å². The Morgan fingerprint density at radius 2 is 2.21 bits per heavy atom. The summed E-state index contributed by atoms with van der Waals surface area (Å²) in [5.41, 5.74) is -0.624. The molecule has 126 valence electrons. The van der Waals surface area contributed by atoms with Gasteiger partial charge in [-0.1, -0.05) is 6.07 Å². The highest BCUT2D eigenvalue weighted by atomic mass is 19.1. The monoisotopic (exact) mass is 334 g/mol. The Kier molecular flexibility index (Phi) is 4.28. The van der Waals surface area contributed by atoms with Crippen LogP contribution in [0.25, 0.3) is 0 Å². The number of H-pyrrole nitrogens is 1. The smallest absolute Gasteiger partial charge is 0.257 e. The van der Waals surface area contributed by atoms with Crippen molar-refractivity contribution in [3.8, 4) is 0 Å². The third-order valence-corrected chi connectivity index (χ3v) is 4.02. The summed E-state index contributed by atoms with van der Waals surface area (Å²) in [5.74, 6) is -2.01. The van der Waals surface area contributed by atoms with Crippen LogP contribution < -0.4 is 15.8 Å².